The summed E-state index contributed by atoms with van der Waals surface area (Å²) < 4.78 is 0. The number of nitrogens with zero attached hydrogens (tertiary/aromatic N) is 1. The van der Waals surface area contributed by atoms with E-state index in [0.29, 0.717) is 5.92 Å². The average molecular weight is 289 g/mol. The molecule has 2 rings (SSSR count). The zero-order valence-electron chi connectivity index (χ0n) is 13.7. The molecule has 1 aromatic rings. The molecule has 0 fully saturated rings. The van der Waals surface area contributed by atoms with Crippen molar-refractivity contribution in [3.05, 3.63) is 29.8 Å². The molecule has 2 atom stereocenters. The molecule has 4 nitrogen and oxygen atoms in total. The summed E-state index contributed by atoms with van der Waals surface area (Å²) in [5.41, 5.74) is 4.72. The van der Waals surface area contributed by atoms with Crippen LogP contribution in [0.5, 0.6) is 0 Å². The van der Waals surface area contributed by atoms with Gasteiger partial charge in [0.05, 0.1) is 0 Å². The molecule has 0 radical (unpaired) electrons. The monoisotopic (exact) mass is 289 g/mol. The Morgan fingerprint density at radius 3 is 2.57 bits per heavy atom. The lowest BCUT2D eigenvalue weighted by Gasteiger charge is -2.51. The number of carbonyl (C=O) groups is 1. The molecule has 0 spiro atoms. The molecule has 0 aromatic heterocycles. The third-order valence-corrected chi connectivity index (χ3v) is 4.51. The lowest BCUT2D eigenvalue weighted by molar-refractivity contribution is -0.123. The zero-order chi connectivity index (χ0) is 15.8. The molecule has 0 saturated carbocycles. The standard InChI is InChI=1S/C17H27N3O/c1-11(2)15(16(21)19-18)20-14-9-7-6-8-13(14)12(3)10-17(20,4)5/h6-9,11-12,15H,10,18H2,1-5H3,(H,19,21)/t12-,15+/m0/s1. The Balaban J connectivity index is 2.58. The Bertz CT molecular complexity index is 525. The van der Waals surface area contributed by atoms with Gasteiger partial charge in [-0.1, -0.05) is 39.0 Å². The van der Waals surface area contributed by atoms with Crippen LogP contribution in [-0.2, 0) is 4.79 Å². The lowest BCUT2D eigenvalue weighted by Crippen LogP contribution is -2.61. The maximum absolute atomic E-state index is 12.4. The molecule has 0 bridgehead atoms. The maximum Gasteiger partial charge on any atom is 0.256 e. The minimum absolute atomic E-state index is 0.0881. The average Bonchev–Trinajstić information content (AvgIpc) is 2.41. The third-order valence-electron chi connectivity index (χ3n) is 4.51. The van der Waals surface area contributed by atoms with E-state index in [1.165, 1.54) is 5.56 Å². The van der Waals surface area contributed by atoms with Crippen molar-refractivity contribution in [3.63, 3.8) is 0 Å². The second-order valence-corrected chi connectivity index (χ2v) is 7.04. The van der Waals surface area contributed by atoms with E-state index in [-0.39, 0.29) is 23.4 Å². The summed E-state index contributed by atoms with van der Waals surface area (Å²) in [6.07, 6.45) is 1.02. The number of nitrogens with one attached hydrogen (secondary N) is 1. The van der Waals surface area contributed by atoms with Crippen LogP contribution in [0.2, 0.25) is 0 Å². The number of hydrazine groups is 1. The molecule has 116 valence electrons. The molecule has 1 aromatic carbocycles. The first kappa shape index (κ1) is 15.8. The summed E-state index contributed by atoms with van der Waals surface area (Å²) in [5, 5.41) is 0. The minimum atomic E-state index is -0.265. The summed E-state index contributed by atoms with van der Waals surface area (Å²) in [6, 6.07) is 8.13. The summed E-state index contributed by atoms with van der Waals surface area (Å²) in [5.74, 6) is 5.97. The molecule has 3 N–H and O–H groups in total. The normalized spacial score (nSPS) is 21.9. The predicted molar refractivity (Wildman–Crippen MR) is 87.0 cm³/mol. The van der Waals surface area contributed by atoms with Gasteiger partial charge in [0, 0.05) is 11.2 Å². The number of para-hydroxylation sites is 1. The number of amides is 1. The summed E-state index contributed by atoms with van der Waals surface area (Å²) >= 11 is 0. The highest BCUT2D eigenvalue weighted by molar-refractivity contribution is 5.86. The Morgan fingerprint density at radius 1 is 1.38 bits per heavy atom. The van der Waals surface area contributed by atoms with Crippen molar-refractivity contribution in [3.8, 4) is 0 Å². The van der Waals surface area contributed by atoms with E-state index >= 15 is 0 Å². The fourth-order valence-electron chi connectivity index (χ4n) is 3.74. The number of hydrogen-bond donors (Lipinski definition) is 2. The van der Waals surface area contributed by atoms with Crippen LogP contribution in [0.1, 0.15) is 52.5 Å². The van der Waals surface area contributed by atoms with Crippen molar-refractivity contribution in [2.24, 2.45) is 11.8 Å². The molecule has 1 amide bonds. The highest BCUT2D eigenvalue weighted by Gasteiger charge is 2.43. The van der Waals surface area contributed by atoms with Gasteiger partial charge in [0.1, 0.15) is 6.04 Å². The van der Waals surface area contributed by atoms with Crippen molar-refractivity contribution in [2.75, 3.05) is 4.90 Å². The molecule has 1 heterocycles. The number of rotatable bonds is 3. The van der Waals surface area contributed by atoms with Gasteiger partial charge in [-0.05, 0) is 43.7 Å². The predicted octanol–water partition coefficient (Wildman–Crippen LogP) is 2.79. The van der Waals surface area contributed by atoms with E-state index in [1.54, 1.807) is 0 Å². The fourth-order valence-corrected chi connectivity index (χ4v) is 3.74. The SMILES string of the molecule is CC(C)[C@H](C(=O)NN)N1c2ccccc2[C@@H](C)CC1(C)C. The van der Waals surface area contributed by atoms with Gasteiger partial charge in [-0.15, -0.1) is 0 Å². The van der Waals surface area contributed by atoms with Crippen LogP contribution in [0.3, 0.4) is 0 Å². The van der Waals surface area contributed by atoms with E-state index in [1.807, 2.05) is 6.07 Å². The highest BCUT2D eigenvalue weighted by Crippen LogP contribution is 2.45. The molecular formula is C17H27N3O. The number of benzene rings is 1. The van der Waals surface area contributed by atoms with Gasteiger partial charge in [-0.2, -0.15) is 0 Å². The molecule has 0 aliphatic carbocycles. The van der Waals surface area contributed by atoms with Crippen molar-refractivity contribution < 1.29 is 4.79 Å². The lowest BCUT2D eigenvalue weighted by atomic mass is 9.78. The van der Waals surface area contributed by atoms with E-state index in [2.05, 4.69) is 63.1 Å². The Morgan fingerprint density at radius 2 is 2.00 bits per heavy atom. The van der Waals surface area contributed by atoms with Crippen LogP contribution in [0.25, 0.3) is 0 Å². The minimum Gasteiger partial charge on any atom is -0.354 e. The van der Waals surface area contributed by atoms with Gasteiger partial charge in [-0.3, -0.25) is 10.2 Å². The molecule has 21 heavy (non-hydrogen) atoms. The number of carbonyl (C=O) groups excluding carboxylic acids is 1. The molecule has 4 heteroatoms. The Hall–Kier alpha value is -1.55. The van der Waals surface area contributed by atoms with Crippen LogP contribution >= 0.6 is 0 Å². The van der Waals surface area contributed by atoms with Crippen LogP contribution in [0.4, 0.5) is 5.69 Å². The van der Waals surface area contributed by atoms with Gasteiger partial charge < -0.3 is 4.90 Å². The Kier molecular flexibility index (Phi) is 4.28. The highest BCUT2D eigenvalue weighted by atomic mass is 16.2. The number of fused-ring (bicyclic) bond motifs is 1. The first-order valence-corrected chi connectivity index (χ1v) is 7.68. The first-order valence-electron chi connectivity index (χ1n) is 7.68. The molecular weight excluding hydrogens is 262 g/mol. The van der Waals surface area contributed by atoms with E-state index in [4.69, 9.17) is 5.84 Å². The number of anilines is 1. The van der Waals surface area contributed by atoms with Gasteiger partial charge in [0.25, 0.3) is 5.91 Å². The van der Waals surface area contributed by atoms with Gasteiger partial charge in [0.15, 0.2) is 0 Å². The van der Waals surface area contributed by atoms with Gasteiger partial charge in [0.2, 0.25) is 0 Å². The van der Waals surface area contributed by atoms with E-state index in [0.717, 1.165) is 12.1 Å². The molecule has 0 unspecified atom stereocenters. The van der Waals surface area contributed by atoms with Crippen LogP contribution in [-0.4, -0.2) is 17.5 Å². The molecule has 1 aliphatic rings. The topological polar surface area (TPSA) is 58.4 Å². The van der Waals surface area contributed by atoms with Crippen molar-refractivity contribution >= 4 is 11.6 Å². The second-order valence-electron chi connectivity index (χ2n) is 7.04. The Labute approximate surface area is 127 Å². The number of nitrogens with two attached hydrogens (primary N) is 1. The van der Waals surface area contributed by atoms with Crippen molar-refractivity contribution in [1.82, 2.24) is 5.43 Å². The summed E-state index contributed by atoms with van der Waals surface area (Å²) in [7, 11) is 0. The van der Waals surface area contributed by atoms with Crippen LogP contribution in [0, 0.1) is 5.92 Å². The van der Waals surface area contributed by atoms with E-state index in [9.17, 15) is 4.79 Å². The number of hydrogen-bond acceptors (Lipinski definition) is 3. The van der Waals surface area contributed by atoms with Crippen molar-refractivity contribution in [1.29, 1.82) is 0 Å². The summed E-state index contributed by atoms with van der Waals surface area (Å²) in [4.78, 5) is 14.6. The van der Waals surface area contributed by atoms with Gasteiger partial charge in [-0.25, -0.2) is 5.84 Å². The largest absolute Gasteiger partial charge is 0.354 e. The van der Waals surface area contributed by atoms with E-state index < -0.39 is 0 Å². The van der Waals surface area contributed by atoms with Crippen LogP contribution in [0.15, 0.2) is 24.3 Å². The zero-order valence-corrected chi connectivity index (χ0v) is 13.7. The second kappa shape index (κ2) is 5.68. The maximum atomic E-state index is 12.4. The smallest absolute Gasteiger partial charge is 0.256 e. The first-order chi connectivity index (χ1) is 9.79. The van der Waals surface area contributed by atoms with Crippen LogP contribution < -0.4 is 16.2 Å². The third kappa shape index (κ3) is 2.77. The fraction of sp³-hybridized carbons (Fsp3) is 0.588. The van der Waals surface area contributed by atoms with Crippen molar-refractivity contribution in [2.45, 2.75) is 58.5 Å². The quantitative estimate of drug-likeness (QED) is 0.511. The van der Waals surface area contributed by atoms with Gasteiger partial charge >= 0.3 is 0 Å². The molecule has 1 aliphatic heterocycles. The molecule has 0 saturated heterocycles. The summed E-state index contributed by atoms with van der Waals surface area (Å²) in [6.45, 7) is 10.8.